The van der Waals surface area contributed by atoms with E-state index in [-0.39, 0.29) is 11.8 Å². The molecule has 4 N–H and O–H groups in total. The van der Waals surface area contributed by atoms with Crippen molar-refractivity contribution in [2.24, 2.45) is 5.92 Å². The molecule has 2 amide bonds. The van der Waals surface area contributed by atoms with E-state index in [1.54, 1.807) is 18.2 Å². The van der Waals surface area contributed by atoms with Crippen molar-refractivity contribution < 1.29 is 9.90 Å². The second kappa shape index (κ2) is 6.26. The van der Waals surface area contributed by atoms with Crippen LogP contribution in [0, 0.1) is 5.92 Å². The van der Waals surface area contributed by atoms with Gasteiger partial charge in [-0.05, 0) is 43.1 Å². The molecule has 0 radical (unpaired) electrons. The second-order valence-electron chi connectivity index (χ2n) is 4.59. The Morgan fingerprint density at radius 1 is 1.44 bits per heavy atom. The summed E-state index contributed by atoms with van der Waals surface area (Å²) in [5.74, 6) is 0.753. The van der Waals surface area contributed by atoms with Crippen molar-refractivity contribution in [1.82, 2.24) is 16.0 Å². The van der Waals surface area contributed by atoms with Gasteiger partial charge in [-0.15, -0.1) is 0 Å². The molecule has 98 valence electrons. The SMILES string of the molecule is O=C(NCc1cccc(O)c1)NCC1CCNC1. The number of nitrogens with one attached hydrogen (secondary N) is 3. The number of aromatic hydroxyl groups is 1. The molecule has 2 rings (SSSR count). The Morgan fingerprint density at radius 2 is 2.33 bits per heavy atom. The predicted octanol–water partition coefficient (Wildman–Crippen LogP) is 0.801. The Morgan fingerprint density at radius 3 is 3.06 bits per heavy atom. The molecule has 1 aliphatic heterocycles. The number of urea groups is 1. The maximum atomic E-state index is 11.6. The van der Waals surface area contributed by atoms with E-state index < -0.39 is 0 Å². The van der Waals surface area contributed by atoms with Gasteiger partial charge in [0.25, 0.3) is 0 Å². The summed E-state index contributed by atoms with van der Waals surface area (Å²) in [4.78, 5) is 11.6. The molecule has 1 heterocycles. The Bertz CT molecular complexity index is 403. The minimum Gasteiger partial charge on any atom is -0.508 e. The predicted molar refractivity (Wildman–Crippen MR) is 69.3 cm³/mol. The van der Waals surface area contributed by atoms with Crippen LogP contribution in [-0.2, 0) is 6.54 Å². The topological polar surface area (TPSA) is 73.4 Å². The third-order valence-corrected chi connectivity index (χ3v) is 3.08. The number of hydrogen-bond donors (Lipinski definition) is 4. The number of phenolic OH excluding ortho intramolecular Hbond substituents is 1. The minimum absolute atomic E-state index is 0.162. The van der Waals surface area contributed by atoms with E-state index >= 15 is 0 Å². The van der Waals surface area contributed by atoms with E-state index in [0.717, 1.165) is 25.1 Å². The molecule has 1 aromatic rings. The molecule has 18 heavy (non-hydrogen) atoms. The molecule has 0 aliphatic carbocycles. The van der Waals surface area contributed by atoms with Gasteiger partial charge in [-0.2, -0.15) is 0 Å². The summed E-state index contributed by atoms with van der Waals surface area (Å²) in [7, 11) is 0. The zero-order chi connectivity index (χ0) is 12.8. The lowest BCUT2D eigenvalue weighted by Gasteiger charge is -2.11. The third-order valence-electron chi connectivity index (χ3n) is 3.08. The fourth-order valence-electron chi connectivity index (χ4n) is 2.04. The van der Waals surface area contributed by atoms with Crippen LogP contribution in [0.3, 0.4) is 0 Å². The lowest BCUT2D eigenvalue weighted by Crippen LogP contribution is -2.38. The molecule has 0 saturated carbocycles. The first-order valence-electron chi connectivity index (χ1n) is 6.24. The van der Waals surface area contributed by atoms with Crippen LogP contribution in [-0.4, -0.2) is 30.8 Å². The maximum Gasteiger partial charge on any atom is 0.315 e. The molecular weight excluding hydrogens is 230 g/mol. The fourth-order valence-corrected chi connectivity index (χ4v) is 2.04. The molecule has 1 aliphatic rings. The van der Waals surface area contributed by atoms with Gasteiger partial charge < -0.3 is 21.1 Å². The maximum absolute atomic E-state index is 11.6. The van der Waals surface area contributed by atoms with Crippen molar-refractivity contribution in [1.29, 1.82) is 0 Å². The van der Waals surface area contributed by atoms with Gasteiger partial charge in [0, 0.05) is 13.1 Å². The largest absolute Gasteiger partial charge is 0.508 e. The molecule has 1 unspecified atom stereocenters. The second-order valence-corrected chi connectivity index (χ2v) is 4.59. The highest BCUT2D eigenvalue weighted by molar-refractivity contribution is 5.73. The van der Waals surface area contributed by atoms with E-state index in [2.05, 4.69) is 16.0 Å². The van der Waals surface area contributed by atoms with Crippen molar-refractivity contribution >= 4 is 6.03 Å². The zero-order valence-electron chi connectivity index (χ0n) is 10.3. The lowest BCUT2D eigenvalue weighted by molar-refractivity contribution is 0.239. The number of benzene rings is 1. The molecule has 0 bridgehead atoms. The summed E-state index contributed by atoms with van der Waals surface area (Å²) in [6.07, 6.45) is 1.12. The van der Waals surface area contributed by atoms with Gasteiger partial charge in [0.15, 0.2) is 0 Å². The number of carbonyl (C=O) groups is 1. The fraction of sp³-hybridized carbons (Fsp3) is 0.462. The molecule has 0 spiro atoms. The Kier molecular flexibility index (Phi) is 4.41. The highest BCUT2D eigenvalue weighted by Gasteiger charge is 2.14. The van der Waals surface area contributed by atoms with E-state index in [1.165, 1.54) is 0 Å². The highest BCUT2D eigenvalue weighted by Crippen LogP contribution is 2.10. The highest BCUT2D eigenvalue weighted by atomic mass is 16.3. The van der Waals surface area contributed by atoms with Crippen LogP contribution in [0.25, 0.3) is 0 Å². The molecular formula is C13H19N3O2. The van der Waals surface area contributed by atoms with Crippen molar-refractivity contribution in [3.8, 4) is 5.75 Å². The van der Waals surface area contributed by atoms with Crippen molar-refractivity contribution in [2.45, 2.75) is 13.0 Å². The third kappa shape index (κ3) is 3.92. The smallest absolute Gasteiger partial charge is 0.315 e. The number of rotatable bonds is 4. The monoisotopic (exact) mass is 249 g/mol. The lowest BCUT2D eigenvalue weighted by atomic mass is 10.1. The normalized spacial score (nSPS) is 18.6. The summed E-state index contributed by atoms with van der Waals surface area (Å²) in [6.45, 7) is 3.14. The average molecular weight is 249 g/mol. The van der Waals surface area contributed by atoms with Crippen molar-refractivity contribution in [3.63, 3.8) is 0 Å². The van der Waals surface area contributed by atoms with Crippen LogP contribution < -0.4 is 16.0 Å². The molecule has 5 nitrogen and oxygen atoms in total. The van der Waals surface area contributed by atoms with E-state index in [9.17, 15) is 9.90 Å². The quantitative estimate of drug-likeness (QED) is 0.638. The van der Waals surface area contributed by atoms with Gasteiger partial charge in [0.1, 0.15) is 5.75 Å². The van der Waals surface area contributed by atoms with Gasteiger partial charge in [0.05, 0.1) is 0 Å². The van der Waals surface area contributed by atoms with Crippen LogP contribution in [0.1, 0.15) is 12.0 Å². The van der Waals surface area contributed by atoms with Crippen LogP contribution in [0.2, 0.25) is 0 Å². The Labute approximate surface area is 107 Å². The van der Waals surface area contributed by atoms with Gasteiger partial charge in [0.2, 0.25) is 0 Å². The molecule has 0 aromatic heterocycles. The molecule has 1 atom stereocenters. The average Bonchev–Trinajstić information content (AvgIpc) is 2.87. The Hall–Kier alpha value is -1.75. The molecule has 1 saturated heterocycles. The van der Waals surface area contributed by atoms with Gasteiger partial charge in [-0.3, -0.25) is 0 Å². The first-order valence-corrected chi connectivity index (χ1v) is 6.24. The van der Waals surface area contributed by atoms with E-state index in [4.69, 9.17) is 0 Å². The number of carbonyl (C=O) groups excluding carboxylic acids is 1. The molecule has 1 aromatic carbocycles. The van der Waals surface area contributed by atoms with Crippen LogP contribution in [0.5, 0.6) is 5.75 Å². The summed E-state index contributed by atoms with van der Waals surface area (Å²) >= 11 is 0. The zero-order valence-corrected chi connectivity index (χ0v) is 10.3. The minimum atomic E-state index is -0.162. The standard InChI is InChI=1S/C13H19N3O2/c17-12-3-1-2-10(6-12)8-15-13(18)16-9-11-4-5-14-7-11/h1-3,6,11,14,17H,4-5,7-9H2,(H2,15,16,18). The van der Waals surface area contributed by atoms with Gasteiger partial charge in [-0.1, -0.05) is 12.1 Å². The van der Waals surface area contributed by atoms with E-state index in [1.807, 2.05) is 6.07 Å². The Balaban J connectivity index is 1.68. The van der Waals surface area contributed by atoms with Gasteiger partial charge in [-0.25, -0.2) is 4.79 Å². The number of amides is 2. The first-order chi connectivity index (χ1) is 8.74. The van der Waals surface area contributed by atoms with E-state index in [0.29, 0.717) is 19.0 Å². The number of hydrogen-bond acceptors (Lipinski definition) is 3. The summed E-state index contributed by atoms with van der Waals surface area (Å²) in [6, 6.07) is 6.71. The van der Waals surface area contributed by atoms with Gasteiger partial charge >= 0.3 is 6.03 Å². The van der Waals surface area contributed by atoms with Crippen LogP contribution in [0.4, 0.5) is 4.79 Å². The summed E-state index contributed by atoms with van der Waals surface area (Å²) in [5, 5.41) is 18.2. The first kappa shape index (κ1) is 12.7. The molecule has 5 heteroatoms. The van der Waals surface area contributed by atoms with Crippen LogP contribution >= 0.6 is 0 Å². The summed E-state index contributed by atoms with van der Waals surface area (Å²) in [5.41, 5.74) is 0.882. The van der Waals surface area contributed by atoms with Crippen molar-refractivity contribution in [2.75, 3.05) is 19.6 Å². The van der Waals surface area contributed by atoms with Crippen LogP contribution in [0.15, 0.2) is 24.3 Å². The molecule has 1 fully saturated rings. The number of phenols is 1. The summed E-state index contributed by atoms with van der Waals surface area (Å²) < 4.78 is 0. The van der Waals surface area contributed by atoms with Crippen molar-refractivity contribution in [3.05, 3.63) is 29.8 Å².